The highest BCUT2D eigenvalue weighted by Crippen LogP contribution is 2.38. The maximum absolute atomic E-state index is 12.3. The van der Waals surface area contributed by atoms with Crippen LogP contribution in [0.3, 0.4) is 0 Å². The second-order valence-corrected chi connectivity index (χ2v) is 6.64. The molecule has 1 aliphatic rings. The fourth-order valence-electron chi connectivity index (χ4n) is 2.48. The van der Waals surface area contributed by atoms with E-state index >= 15 is 0 Å². The summed E-state index contributed by atoms with van der Waals surface area (Å²) >= 11 is 0. The van der Waals surface area contributed by atoms with Crippen molar-refractivity contribution < 1.29 is 29.4 Å². The van der Waals surface area contributed by atoms with Crippen LogP contribution >= 0.6 is 7.75 Å². The molecule has 0 radical (unpaired) electrons. The number of phenolic OH excluding ortho intramolecular Hbond substituents is 1. The molecule has 0 saturated carbocycles. The van der Waals surface area contributed by atoms with Crippen LogP contribution in [0.1, 0.15) is 18.4 Å². The second-order valence-electron chi connectivity index (χ2n) is 5.41. The molecule has 8 heteroatoms. The summed E-state index contributed by atoms with van der Waals surface area (Å²) in [5, 5.41) is 19.3. The first-order valence-electron chi connectivity index (χ1n) is 7.30. The second kappa shape index (κ2) is 7.57. The van der Waals surface area contributed by atoms with Gasteiger partial charge in [-0.1, -0.05) is 18.2 Å². The average molecular weight is 351 g/mol. The predicted molar refractivity (Wildman–Crippen MR) is 88.9 cm³/mol. The molecule has 0 bridgehead atoms. The van der Waals surface area contributed by atoms with Crippen molar-refractivity contribution in [2.24, 2.45) is 10.7 Å². The molecule has 4 N–H and O–H groups in total. The number of aliphatic hydroxyl groups excluding tert-OH is 1. The maximum atomic E-state index is 12.3. The Labute approximate surface area is 138 Å². The van der Waals surface area contributed by atoms with Gasteiger partial charge in [0.1, 0.15) is 23.2 Å². The highest BCUT2D eigenvalue weighted by Gasteiger charge is 2.30. The fraction of sp³-hybridized carbons (Fsp3) is 0.250. The Balaban J connectivity index is 2.04. The van der Waals surface area contributed by atoms with Gasteiger partial charge in [-0.3, -0.25) is 4.79 Å². The average Bonchev–Trinajstić information content (AvgIpc) is 2.45. The van der Waals surface area contributed by atoms with E-state index < -0.39 is 13.7 Å². The first-order chi connectivity index (χ1) is 11.3. The molecule has 0 fully saturated rings. The molecule has 0 aromatic heterocycles. The maximum Gasteiger partial charge on any atom is 0.448 e. The van der Waals surface area contributed by atoms with Crippen molar-refractivity contribution in [3.63, 3.8) is 0 Å². The van der Waals surface area contributed by atoms with Crippen LogP contribution in [0.2, 0.25) is 0 Å². The van der Waals surface area contributed by atoms with Gasteiger partial charge < -0.3 is 20.0 Å². The van der Waals surface area contributed by atoms with E-state index in [2.05, 4.69) is 4.76 Å². The highest BCUT2D eigenvalue weighted by molar-refractivity contribution is 7.50. The van der Waals surface area contributed by atoms with Gasteiger partial charge in [0.05, 0.1) is 5.71 Å². The van der Waals surface area contributed by atoms with Gasteiger partial charge in [0.2, 0.25) is 0 Å². The summed E-state index contributed by atoms with van der Waals surface area (Å²) in [6.07, 6.45) is 5.11. The standard InChI is InChI=1S/C16H18NO6P/c18-12-6-1-4-11(10-12)5-2-8-14(19)16-13(17-24(21,22)23)7-3-9-15(16)20/h1,3-4,6-7,9-10,16,18,20H,2,5,8H2,(H2,21,22,23). The zero-order chi connectivity index (χ0) is 17.7. The Morgan fingerprint density at radius 1 is 1.25 bits per heavy atom. The van der Waals surface area contributed by atoms with Crippen molar-refractivity contribution in [3.8, 4) is 5.75 Å². The van der Waals surface area contributed by atoms with Gasteiger partial charge in [0, 0.05) is 6.42 Å². The van der Waals surface area contributed by atoms with Crippen molar-refractivity contribution in [1.82, 2.24) is 0 Å². The molecule has 24 heavy (non-hydrogen) atoms. The Bertz CT molecular complexity index is 762. The molecule has 1 aliphatic carbocycles. The lowest BCUT2D eigenvalue weighted by atomic mass is 9.89. The number of carbonyl (C=O) groups excluding carboxylic acids is 1. The number of aromatic hydroxyl groups is 1. The molecule has 1 aromatic carbocycles. The van der Waals surface area contributed by atoms with Crippen LogP contribution in [0.15, 0.2) is 53.0 Å². The zero-order valence-electron chi connectivity index (χ0n) is 12.7. The molecule has 0 spiro atoms. The smallest absolute Gasteiger partial charge is 0.448 e. The number of benzene rings is 1. The normalized spacial score (nSPS) is 19.3. The van der Waals surface area contributed by atoms with E-state index in [1.54, 1.807) is 18.2 Å². The van der Waals surface area contributed by atoms with Gasteiger partial charge in [0.25, 0.3) is 0 Å². The fourth-order valence-corrected chi connectivity index (χ4v) is 2.97. The van der Waals surface area contributed by atoms with Crippen LogP contribution < -0.4 is 0 Å². The van der Waals surface area contributed by atoms with Crippen molar-refractivity contribution in [3.05, 3.63) is 53.8 Å². The summed E-state index contributed by atoms with van der Waals surface area (Å²) in [6.45, 7) is 0. The summed E-state index contributed by atoms with van der Waals surface area (Å²) in [7, 11) is -4.70. The molecule has 7 nitrogen and oxygen atoms in total. The Morgan fingerprint density at radius 3 is 2.67 bits per heavy atom. The number of carbonyl (C=O) groups is 1. The quantitative estimate of drug-likeness (QED) is 0.583. The number of allylic oxidation sites excluding steroid dienone is 4. The number of hydrogen-bond donors (Lipinski definition) is 4. The molecule has 1 aromatic rings. The number of rotatable bonds is 6. The predicted octanol–water partition coefficient (Wildman–Crippen LogP) is 2.45. The number of hydrogen-bond acceptors (Lipinski definition) is 4. The monoisotopic (exact) mass is 351 g/mol. The Morgan fingerprint density at radius 2 is 2.00 bits per heavy atom. The van der Waals surface area contributed by atoms with Crippen LogP contribution in [0.4, 0.5) is 0 Å². The Kier molecular flexibility index (Phi) is 5.72. The van der Waals surface area contributed by atoms with Crippen molar-refractivity contribution >= 4 is 19.2 Å². The van der Waals surface area contributed by atoms with E-state index in [0.717, 1.165) is 5.56 Å². The molecule has 1 atom stereocenters. The summed E-state index contributed by atoms with van der Waals surface area (Å²) < 4.78 is 14.3. The Hall–Kier alpha value is -2.21. The molecule has 2 rings (SSSR count). The lowest BCUT2D eigenvalue weighted by molar-refractivity contribution is -0.120. The van der Waals surface area contributed by atoms with Crippen LogP contribution in [0.5, 0.6) is 5.75 Å². The van der Waals surface area contributed by atoms with Crippen molar-refractivity contribution in [2.75, 3.05) is 0 Å². The van der Waals surface area contributed by atoms with Gasteiger partial charge in [-0.05, 0) is 42.7 Å². The molecule has 0 saturated heterocycles. The van der Waals surface area contributed by atoms with E-state index in [-0.39, 0.29) is 29.4 Å². The summed E-state index contributed by atoms with van der Waals surface area (Å²) in [4.78, 5) is 30.3. The number of aryl methyl sites for hydroxylation is 1. The van der Waals surface area contributed by atoms with Crippen LogP contribution in [-0.2, 0) is 15.8 Å². The summed E-state index contributed by atoms with van der Waals surface area (Å²) in [5.74, 6) is -1.67. The van der Waals surface area contributed by atoms with Gasteiger partial charge in [-0.25, -0.2) is 4.57 Å². The minimum absolute atomic E-state index is 0.103. The molecule has 128 valence electrons. The van der Waals surface area contributed by atoms with Crippen LogP contribution in [-0.4, -0.2) is 31.5 Å². The first kappa shape index (κ1) is 18.1. The third-order valence-electron chi connectivity index (χ3n) is 3.49. The van der Waals surface area contributed by atoms with Crippen LogP contribution in [0.25, 0.3) is 0 Å². The van der Waals surface area contributed by atoms with Crippen molar-refractivity contribution in [2.45, 2.75) is 19.3 Å². The van der Waals surface area contributed by atoms with Gasteiger partial charge >= 0.3 is 7.75 Å². The van der Waals surface area contributed by atoms with E-state index in [4.69, 9.17) is 9.79 Å². The molecular weight excluding hydrogens is 333 g/mol. The van der Waals surface area contributed by atoms with E-state index in [1.165, 1.54) is 18.2 Å². The topological polar surface area (TPSA) is 127 Å². The molecule has 0 heterocycles. The zero-order valence-corrected chi connectivity index (χ0v) is 13.6. The lowest BCUT2D eigenvalue weighted by Crippen LogP contribution is -2.26. The highest BCUT2D eigenvalue weighted by atomic mass is 31.2. The van der Waals surface area contributed by atoms with Gasteiger partial charge in [0.15, 0.2) is 0 Å². The van der Waals surface area contributed by atoms with Gasteiger partial charge in [-0.15, -0.1) is 0 Å². The largest absolute Gasteiger partial charge is 0.511 e. The number of aliphatic hydroxyl groups is 1. The minimum Gasteiger partial charge on any atom is -0.511 e. The number of nitrogens with zero attached hydrogens (tertiary/aromatic N) is 1. The first-order valence-corrected chi connectivity index (χ1v) is 8.86. The minimum atomic E-state index is -4.70. The summed E-state index contributed by atoms with van der Waals surface area (Å²) in [6, 6.07) is 6.69. The van der Waals surface area contributed by atoms with E-state index in [0.29, 0.717) is 12.8 Å². The van der Waals surface area contributed by atoms with Crippen molar-refractivity contribution in [1.29, 1.82) is 0 Å². The van der Waals surface area contributed by atoms with E-state index in [1.807, 2.05) is 6.07 Å². The number of Topliss-reactive ketones (excluding diaryl/α,β-unsaturated/α-hetero) is 1. The third kappa shape index (κ3) is 5.16. The third-order valence-corrected chi connectivity index (χ3v) is 3.98. The SMILES string of the molecule is O=C(CCCc1cccc(O)c1)C1C(O)=CC=CC1=NP(=O)(O)O. The lowest BCUT2D eigenvalue weighted by Gasteiger charge is -2.18. The number of phenols is 1. The molecular formula is C16H18NO6P. The molecule has 0 aliphatic heterocycles. The summed E-state index contributed by atoms with van der Waals surface area (Å²) in [5.41, 5.74) is 0.723. The van der Waals surface area contributed by atoms with E-state index in [9.17, 15) is 19.6 Å². The molecule has 0 amide bonds. The molecule has 1 unspecified atom stereocenters. The van der Waals surface area contributed by atoms with Gasteiger partial charge in [-0.2, -0.15) is 4.76 Å². The number of ketones is 1. The van der Waals surface area contributed by atoms with Crippen LogP contribution in [0, 0.1) is 5.92 Å².